The number of aromatic nitrogens is 3. The van der Waals surface area contributed by atoms with E-state index in [2.05, 4.69) is 34.6 Å². The standard InChI is InChI=1S/C22H28ClN5O2/c1-13(29)26-15-6-4-5-14(7-15)21(30)27-20-8-16(18(23)11-24-20)17-10-25-28-12-22(2,3)9-19(17)28/h8,10-11,14-15H,4-7,9,12H2,1-3H3,(H,26,29)(H,24,27,30)/t14-,15?/m0/s1. The van der Waals surface area contributed by atoms with Crippen LogP contribution in [0.1, 0.15) is 52.1 Å². The van der Waals surface area contributed by atoms with Crippen LogP contribution in [0.3, 0.4) is 0 Å². The first-order valence-corrected chi connectivity index (χ1v) is 10.9. The number of nitrogens with one attached hydrogen (secondary N) is 2. The number of hydrogen-bond donors (Lipinski definition) is 2. The number of anilines is 1. The van der Waals surface area contributed by atoms with Crippen LogP contribution in [-0.4, -0.2) is 32.6 Å². The molecule has 2 aliphatic rings. The first-order chi connectivity index (χ1) is 14.2. The number of amides is 2. The number of rotatable bonds is 4. The van der Waals surface area contributed by atoms with Gasteiger partial charge in [0.15, 0.2) is 0 Å². The van der Waals surface area contributed by atoms with Crippen molar-refractivity contribution in [2.24, 2.45) is 11.3 Å². The SMILES string of the molecule is CC(=O)NC1CCC[C@H](C(=O)Nc2cc(-c3cnn4c3CC(C)(C)C4)c(Cl)cn2)C1. The van der Waals surface area contributed by atoms with Gasteiger partial charge in [0.05, 0.1) is 11.2 Å². The molecule has 1 unspecified atom stereocenters. The van der Waals surface area contributed by atoms with Crippen molar-refractivity contribution >= 4 is 29.2 Å². The van der Waals surface area contributed by atoms with Crippen LogP contribution in [0.5, 0.6) is 0 Å². The molecule has 3 heterocycles. The summed E-state index contributed by atoms with van der Waals surface area (Å²) in [5, 5.41) is 10.9. The Labute approximate surface area is 181 Å². The van der Waals surface area contributed by atoms with E-state index in [0.29, 0.717) is 17.3 Å². The smallest absolute Gasteiger partial charge is 0.228 e. The number of halogens is 1. The number of pyridine rings is 1. The van der Waals surface area contributed by atoms with Gasteiger partial charge in [-0.3, -0.25) is 14.3 Å². The van der Waals surface area contributed by atoms with E-state index in [0.717, 1.165) is 49.0 Å². The van der Waals surface area contributed by atoms with E-state index in [1.807, 2.05) is 16.9 Å². The monoisotopic (exact) mass is 429 g/mol. The first kappa shape index (κ1) is 20.8. The Morgan fingerprint density at radius 1 is 1.23 bits per heavy atom. The second-order valence-electron chi connectivity index (χ2n) is 9.30. The predicted octanol–water partition coefficient (Wildman–Crippen LogP) is 3.81. The maximum atomic E-state index is 12.8. The van der Waals surface area contributed by atoms with Crippen LogP contribution >= 0.6 is 11.6 Å². The van der Waals surface area contributed by atoms with Gasteiger partial charge in [0.2, 0.25) is 11.8 Å². The quantitative estimate of drug-likeness (QED) is 0.773. The minimum absolute atomic E-state index is 0.0537. The van der Waals surface area contributed by atoms with Gasteiger partial charge in [-0.05, 0) is 37.2 Å². The summed E-state index contributed by atoms with van der Waals surface area (Å²) in [6.45, 7) is 6.84. The van der Waals surface area contributed by atoms with Crippen LogP contribution in [0.15, 0.2) is 18.5 Å². The largest absolute Gasteiger partial charge is 0.354 e. The summed E-state index contributed by atoms with van der Waals surface area (Å²) < 4.78 is 2.04. The molecule has 4 rings (SSSR count). The molecule has 8 heteroatoms. The minimum atomic E-state index is -0.141. The highest BCUT2D eigenvalue weighted by molar-refractivity contribution is 6.33. The maximum Gasteiger partial charge on any atom is 0.228 e. The lowest BCUT2D eigenvalue weighted by Crippen LogP contribution is -2.40. The molecular formula is C22H28ClN5O2. The fourth-order valence-electron chi connectivity index (χ4n) is 4.66. The van der Waals surface area contributed by atoms with Crippen LogP contribution in [0.4, 0.5) is 5.82 Å². The van der Waals surface area contributed by atoms with Gasteiger partial charge in [-0.15, -0.1) is 0 Å². The summed E-state index contributed by atoms with van der Waals surface area (Å²) in [7, 11) is 0. The van der Waals surface area contributed by atoms with Gasteiger partial charge in [-0.25, -0.2) is 4.98 Å². The lowest BCUT2D eigenvalue weighted by Gasteiger charge is -2.28. The van der Waals surface area contributed by atoms with E-state index in [1.165, 1.54) is 6.92 Å². The fourth-order valence-corrected chi connectivity index (χ4v) is 4.87. The van der Waals surface area contributed by atoms with Crippen LogP contribution in [0.2, 0.25) is 5.02 Å². The molecule has 1 aliphatic carbocycles. The highest BCUT2D eigenvalue weighted by Crippen LogP contribution is 2.39. The van der Waals surface area contributed by atoms with Crippen molar-refractivity contribution in [3.63, 3.8) is 0 Å². The molecule has 2 aromatic heterocycles. The Balaban J connectivity index is 1.51. The van der Waals surface area contributed by atoms with Crippen LogP contribution in [0.25, 0.3) is 11.1 Å². The summed E-state index contributed by atoms with van der Waals surface area (Å²) >= 11 is 6.46. The van der Waals surface area contributed by atoms with Crippen molar-refractivity contribution in [3.8, 4) is 11.1 Å². The summed E-state index contributed by atoms with van der Waals surface area (Å²) in [5.41, 5.74) is 3.16. The highest BCUT2D eigenvalue weighted by atomic mass is 35.5. The van der Waals surface area contributed by atoms with Crippen molar-refractivity contribution in [1.82, 2.24) is 20.1 Å². The summed E-state index contributed by atoms with van der Waals surface area (Å²) in [6, 6.07) is 1.89. The van der Waals surface area contributed by atoms with E-state index < -0.39 is 0 Å². The molecule has 0 spiro atoms. The lowest BCUT2D eigenvalue weighted by atomic mass is 9.85. The van der Waals surface area contributed by atoms with Gasteiger partial charge in [0, 0.05) is 48.4 Å². The Bertz CT molecular complexity index is 984. The Kier molecular flexibility index (Phi) is 5.57. The third-order valence-electron chi connectivity index (χ3n) is 6.02. The van der Waals surface area contributed by atoms with Gasteiger partial charge in [0.25, 0.3) is 0 Å². The maximum absolute atomic E-state index is 12.8. The molecule has 2 atom stereocenters. The zero-order chi connectivity index (χ0) is 21.5. The number of nitrogens with zero attached hydrogens (tertiary/aromatic N) is 3. The summed E-state index contributed by atoms with van der Waals surface area (Å²) in [4.78, 5) is 28.5. The van der Waals surface area contributed by atoms with Crippen LogP contribution < -0.4 is 10.6 Å². The van der Waals surface area contributed by atoms with Crippen LogP contribution in [0, 0.1) is 11.3 Å². The second-order valence-corrected chi connectivity index (χ2v) is 9.71. The minimum Gasteiger partial charge on any atom is -0.354 e. The van der Waals surface area contributed by atoms with E-state index in [9.17, 15) is 9.59 Å². The van der Waals surface area contributed by atoms with E-state index in [1.54, 1.807) is 6.20 Å². The molecule has 30 heavy (non-hydrogen) atoms. The zero-order valence-corrected chi connectivity index (χ0v) is 18.4. The molecule has 0 aromatic carbocycles. The Hall–Kier alpha value is -2.41. The van der Waals surface area contributed by atoms with Gasteiger partial charge in [0.1, 0.15) is 5.82 Å². The van der Waals surface area contributed by atoms with Gasteiger partial charge in [-0.1, -0.05) is 31.9 Å². The van der Waals surface area contributed by atoms with Crippen molar-refractivity contribution in [3.05, 3.63) is 29.2 Å². The van der Waals surface area contributed by atoms with Crippen molar-refractivity contribution in [1.29, 1.82) is 0 Å². The Morgan fingerprint density at radius 2 is 2.03 bits per heavy atom. The fraction of sp³-hybridized carbons (Fsp3) is 0.545. The topological polar surface area (TPSA) is 88.9 Å². The van der Waals surface area contributed by atoms with Gasteiger partial charge in [-0.2, -0.15) is 5.10 Å². The van der Waals surface area contributed by atoms with E-state index in [-0.39, 0.29) is 29.2 Å². The molecule has 1 aliphatic heterocycles. The number of hydrogen-bond acceptors (Lipinski definition) is 4. The molecular weight excluding hydrogens is 402 g/mol. The number of carbonyl (C=O) groups is 2. The van der Waals surface area contributed by atoms with Crippen molar-refractivity contribution < 1.29 is 9.59 Å². The number of carbonyl (C=O) groups excluding carboxylic acids is 2. The first-order valence-electron chi connectivity index (χ1n) is 10.5. The highest BCUT2D eigenvalue weighted by Gasteiger charge is 2.32. The molecule has 160 valence electrons. The van der Waals surface area contributed by atoms with Gasteiger partial charge < -0.3 is 10.6 Å². The van der Waals surface area contributed by atoms with E-state index >= 15 is 0 Å². The zero-order valence-electron chi connectivity index (χ0n) is 17.7. The molecule has 1 saturated carbocycles. The van der Waals surface area contributed by atoms with Crippen molar-refractivity contribution in [2.45, 2.75) is 65.5 Å². The van der Waals surface area contributed by atoms with Gasteiger partial charge >= 0.3 is 0 Å². The molecule has 0 radical (unpaired) electrons. The predicted molar refractivity (Wildman–Crippen MR) is 116 cm³/mol. The summed E-state index contributed by atoms with van der Waals surface area (Å²) in [6.07, 6.45) is 7.65. The third kappa shape index (κ3) is 4.36. The average molecular weight is 430 g/mol. The Morgan fingerprint density at radius 3 is 2.80 bits per heavy atom. The molecule has 2 aromatic rings. The van der Waals surface area contributed by atoms with Crippen LogP contribution in [-0.2, 0) is 22.6 Å². The normalized spacial score (nSPS) is 22.4. The molecule has 1 fully saturated rings. The summed E-state index contributed by atoms with van der Waals surface area (Å²) in [5.74, 6) is 0.227. The third-order valence-corrected chi connectivity index (χ3v) is 6.32. The molecule has 7 nitrogen and oxygen atoms in total. The second kappa shape index (κ2) is 8.02. The average Bonchev–Trinajstić information content (AvgIpc) is 3.18. The lowest BCUT2D eigenvalue weighted by molar-refractivity contribution is -0.123. The molecule has 0 saturated heterocycles. The number of fused-ring (bicyclic) bond motifs is 1. The molecule has 2 amide bonds. The van der Waals surface area contributed by atoms with E-state index in [4.69, 9.17) is 11.6 Å². The molecule has 0 bridgehead atoms. The van der Waals surface area contributed by atoms with Crippen molar-refractivity contribution in [2.75, 3.05) is 5.32 Å². The molecule has 2 N–H and O–H groups in total.